The van der Waals surface area contributed by atoms with Crippen LogP contribution in [0.4, 0.5) is 5.69 Å². The Labute approximate surface area is 353 Å². The predicted octanol–water partition coefficient (Wildman–Crippen LogP) is -0.197. The summed E-state index contributed by atoms with van der Waals surface area (Å²) < 4.78 is 76.4. The molecular formula is C40H71NO19. The molecule has 20 heteroatoms. The van der Waals surface area contributed by atoms with Gasteiger partial charge in [-0.1, -0.05) is 6.92 Å². The van der Waals surface area contributed by atoms with Gasteiger partial charge in [-0.2, -0.15) is 0 Å². The molecule has 1 fully saturated rings. The van der Waals surface area contributed by atoms with Crippen molar-refractivity contribution in [1.29, 1.82) is 0 Å². The summed E-state index contributed by atoms with van der Waals surface area (Å²) >= 11 is 0. The topological polar surface area (TPSA) is 239 Å². The van der Waals surface area contributed by atoms with Gasteiger partial charge in [-0.25, -0.2) is 0 Å². The molecule has 0 spiro atoms. The Bertz CT molecular complexity index is 1110. The molecule has 0 radical (unpaired) electrons. The zero-order chi connectivity index (χ0) is 43.1. The number of anilines is 1. The zero-order valence-corrected chi connectivity index (χ0v) is 35.2. The summed E-state index contributed by atoms with van der Waals surface area (Å²) in [4.78, 5) is 12.2. The van der Waals surface area contributed by atoms with E-state index in [0.717, 1.165) is 13.0 Å². The lowest BCUT2D eigenvalue weighted by atomic mass is 9.99. The van der Waals surface area contributed by atoms with Crippen LogP contribution in [0.2, 0.25) is 0 Å². The third-order valence-corrected chi connectivity index (χ3v) is 8.15. The van der Waals surface area contributed by atoms with E-state index in [4.69, 9.17) is 66.3 Å². The van der Waals surface area contributed by atoms with Gasteiger partial charge in [-0.3, -0.25) is 4.79 Å². The first kappa shape index (κ1) is 53.9. The summed E-state index contributed by atoms with van der Waals surface area (Å²) in [5.74, 6) is 0.0422. The normalized spacial score (nSPS) is 19.2. The van der Waals surface area contributed by atoms with Gasteiger partial charge in [0.05, 0.1) is 165 Å². The van der Waals surface area contributed by atoms with Crippen molar-refractivity contribution in [3.63, 3.8) is 0 Å². The van der Waals surface area contributed by atoms with Crippen LogP contribution in [-0.4, -0.2) is 222 Å². The average molecular weight is 870 g/mol. The first-order chi connectivity index (χ1) is 29.5. The highest BCUT2D eigenvalue weighted by atomic mass is 16.7. The number of aliphatic hydroxyl groups is 4. The Kier molecular flexibility index (Phi) is 34.6. The van der Waals surface area contributed by atoms with Gasteiger partial charge < -0.3 is 92.1 Å². The maximum atomic E-state index is 12.2. The molecule has 1 aliphatic rings. The molecule has 1 aromatic rings. The molecule has 1 saturated heterocycles. The first-order valence-corrected chi connectivity index (χ1v) is 20.8. The van der Waals surface area contributed by atoms with E-state index < -0.39 is 37.3 Å². The van der Waals surface area contributed by atoms with Crippen LogP contribution in [0.25, 0.3) is 0 Å². The summed E-state index contributed by atoms with van der Waals surface area (Å²) in [6, 6.07) is 6.27. The summed E-state index contributed by atoms with van der Waals surface area (Å²) in [6.45, 7) is 13.0. The standard InChI is InChI=1S/C40H71NO19/c1-2-8-47-10-12-49-14-16-51-18-20-53-22-24-55-26-28-57-30-31-58-29-27-56-25-23-54-21-19-52-17-15-50-13-11-48-9-7-36(43)41-33-3-5-34(6-4-33)59-40-39(46)38(45)37(44)35(32-42)60-40/h3-6,35,37-40,42,44-46H,2,7-32H2,1H3,(H,41,43)/t35?,37-,38+,39?,40+/m1/s1. The van der Waals surface area contributed by atoms with E-state index in [1.807, 2.05) is 0 Å². The van der Waals surface area contributed by atoms with Crippen molar-refractivity contribution in [1.82, 2.24) is 0 Å². The summed E-state index contributed by atoms with van der Waals surface area (Å²) in [7, 11) is 0. The van der Waals surface area contributed by atoms with Gasteiger partial charge >= 0.3 is 0 Å². The molecule has 1 heterocycles. The number of aliphatic hydroxyl groups excluding tert-OH is 4. The van der Waals surface area contributed by atoms with Crippen LogP contribution >= 0.6 is 0 Å². The summed E-state index contributed by atoms with van der Waals surface area (Å²) in [5, 5.41) is 42.0. The molecule has 0 bridgehead atoms. The smallest absolute Gasteiger partial charge is 0.229 e. The van der Waals surface area contributed by atoms with Crippen LogP contribution in [0, 0.1) is 0 Å². The van der Waals surface area contributed by atoms with Crippen molar-refractivity contribution in [2.45, 2.75) is 50.5 Å². The second kappa shape index (κ2) is 38.5. The van der Waals surface area contributed by atoms with Gasteiger partial charge in [0.15, 0.2) is 0 Å². The number of rotatable bonds is 42. The van der Waals surface area contributed by atoms with Crippen LogP contribution in [0.1, 0.15) is 19.8 Å². The Morgan fingerprint density at radius 3 is 1.17 bits per heavy atom. The average Bonchev–Trinajstić information content (AvgIpc) is 3.25. The number of carbonyl (C=O) groups is 1. The Morgan fingerprint density at radius 2 is 0.833 bits per heavy atom. The molecule has 1 amide bonds. The van der Waals surface area contributed by atoms with Gasteiger partial charge in [0, 0.05) is 12.3 Å². The number of hydrogen-bond donors (Lipinski definition) is 5. The molecule has 2 rings (SSSR count). The van der Waals surface area contributed by atoms with Gasteiger partial charge in [0.1, 0.15) is 30.2 Å². The monoisotopic (exact) mass is 869 g/mol. The van der Waals surface area contributed by atoms with Gasteiger partial charge in [-0.05, 0) is 30.7 Å². The molecule has 0 saturated carbocycles. The van der Waals surface area contributed by atoms with Crippen molar-refractivity contribution < 1.29 is 91.5 Å². The van der Waals surface area contributed by atoms with Crippen LogP contribution in [-0.2, 0) is 66.4 Å². The van der Waals surface area contributed by atoms with Crippen molar-refractivity contribution in [2.75, 3.05) is 170 Å². The highest BCUT2D eigenvalue weighted by Crippen LogP contribution is 2.25. The number of benzene rings is 1. The molecule has 20 nitrogen and oxygen atoms in total. The van der Waals surface area contributed by atoms with E-state index >= 15 is 0 Å². The van der Waals surface area contributed by atoms with Gasteiger partial charge in [-0.15, -0.1) is 0 Å². The van der Waals surface area contributed by atoms with E-state index in [9.17, 15) is 25.2 Å². The highest BCUT2D eigenvalue weighted by Gasteiger charge is 2.44. The van der Waals surface area contributed by atoms with Crippen LogP contribution in [0.15, 0.2) is 24.3 Å². The number of nitrogens with one attached hydrogen (secondary N) is 1. The second-order valence-electron chi connectivity index (χ2n) is 13.0. The maximum absolute atomic E-state index is 12.2. The van der Waals surface area contributed by atoms with E-state index in [-0.39, 0.29) is 24.7 Å². The molecule has 0 aromatic heterocycles. The minimum absolute atomic E-state index is 0.141. The first-order valence-electron chi connectivity index (χ1n) is 20.8. The summed E-state index contributed by atoms with van der Waals surface area (Å²) in [6.07, 6.45) is -5.76. The zero-order valence-electron chi connectivity index (χ0n) is 35.2. The van der Waals surface area contributed by atoms with E-state index in [2.05, 4.69) is 12.2 Å². The fourth-order valence-electron chi connectivity index (χ4n) is 4.97. The fraction of sp³-hybridized carbons (Fsp3) is 0.825. The highest BCUT2D eigenvalue weighted by molar-refractivity contribution is 5.90. The Hall–Kier alpha value is -2.19. The lowest BCUT2D eigenvalue weighted by Gasteiger charge is -2.39. The molecule has 5 N–H and O–H groups in total. The molecule has 60 heavy (non-hydrogen) atoms. The van der Waals surface area contributed by atoms with E-state index in [1.54, 1.807) is 24.3 Å². The predicted molar refractivity (Wildman–Crippen MR) is 214 cm³/mol. The molecule has 0 aliphatic carbocycles. The van der Waals surface area contributed by atoms with Crippen LogP contribution in [0.5, 0.6) is 5.75 Å². The van der Waals surface area contributed by atoms with Crippen molar-refractivity contribution >= 4 is 11.6 Å². The van der Waals surface area contributed by atoms with E-state index in [0.29, 0.717) is 151 Å². The quantitative estimate of drug-likeness (QED) is 0.0535. The fourth-order valence-corrected chi connectivity index (χ4v) is 4.97. The largest absolute Gasteiger partial charge is 0.462 e. The third-order valence-electron chi connectivity index (χ3n) is 8.15. The van der Waals surface area contributed by atoms with Crippen LogP contribution in [0.3, 0.4) is 0 Å². The molecule has 2 unspecified atom stereocenters. The molecule has 1 aromatic carbocycles. The number of ether oxygens (including phenoxy) is 14. The van der Waals surface area contributed by atoms with Gasteiger partial charge in [0.25, 0.3) is 0 Å². The van der Waals surface area contributed by atoms with E-state index in [1.165, 1.54) is 0 Å². The van der Waals surface area contributed by atoms with Crippen molar-refractivity contribution in [3.05, 3.63) is 24.3 Å². The Balaban J connectivity index is 1.23. The summed E-state index contributed by atoms with van der Waals surface area (Å²) in [5.41, 5.74) is 0.515. The molecule has 350 valence electrons. The van der Waals surface area contributed by atoms with Crippen molar-refractivity contribution in [2.24, 2.45) is 0 Å². The molecular weight excluding hydrogens is 798 g/mol. The SMILES string of the molecule is CCCOCCOCCOCCOCCOCCOCCOCCOCCOCCOCCOCCOCCC(=O)Nc1ccc(O[C@H]2OC(CO)[C@@H](O)[C@H](O)C2O)cc1. The number of hydrogen-bond acceptors (Lipinski definition) is 19. The maximum Gasteiger partial charge on any atom is 0.229 e. The van der Waals surface area contributed by atoms with Crippen LogP contribution < -0.4 is 10.1 Å². The lowest BCUT2D eigenvalue weighted by Crippen LogP contribution is -2.60. The number of amides is 1. The van der Waals surface area contributed by atoms with Crippen molar-refractivity contribution in [3.8, 4) is 5.75 Å². The van der Waals surface area contributed by atoms with Gasteiger partial charge in [0.2, 0.25) is 12.2 Å². The minimum atomic E-state index is -1.54. The second-order valence-corrected chi connectivity index (χ2v) is 13.0. The number of carbonyl (C=O) groups excluding carboxylic acids is 1. The minimum Gasteiger partial charge on any atom is -0.462 e. The third kappa shape index (κ3) is 28.4. The molecule has 1 aliphatic heterocycles. The lowest BCUT2D eigenvalue weighted by molar-refractivity contribution is -0.277. The Morgan fingerprint density at radius 1 is 0.500 bits per heavy atom. The molecule has 5 atom stereocenters.